The summed E-state index contributed by atoms with van der Waals surface area (Å²) >= 11 is 0. The summed E-state index contributed by atoms with van der Waals surface area (Å²) in [6.07, 6.45) is 11.1. The lowest BCUT2D eigenvalue weighted by molar-refractivity contribution is 0.536. The van der Waals surface area contributed by atoms with E-state index in [1.54, 1.807) is 24.8 Å². The van der Waals surface area contributed by atoms with Crippen LogP contribution in [-0.4, -0.2) is 35.8 Å². The molecule has 0 saturated heterocycles. The maximum atomic E-state index is 4.39. The number of aromatic nitrogens is 6. The molecular weight excluding hydrogens is 266 g/mol. The Labute approximate surface area is 122 Å². The van der Waals surface area contributed by atoms with Gasteiger partial charge in [0.05, 0.1) is 12.1 Å². The minimum Gasteiger partial charge on any atom is -0.355 e. The first-order chi connectivity index (χ1) is 10.4. The van der Waals surface area contributed by atoms with E-state index in [4.69, 9.17) is 0 Å². The van der Waals surface area contributed by atoms with Gasteiger partial charge in [-0.15, -0.1) is 0 Å². The molecule has 0 saturated carbocycles. The molecule has 7 nitrogen and oxygen atoms in total. The third-order valence-electron chi connectivity index (χ3n) is 3.09. The molecule has 0 atom stereocenters. The summed E-state index contributed by atoms with van der Waals surface area (Å²) in [4.78, 5) is 13.0. The molecule has 0 unspecified atom stereocenters. The number of rotatable bonds is 6. The molecule has 1 N–H and O–H groups in total. The third-order valence-corrected chi connectivity index (χ3v) is 3.09. The van der Waals surface area contributed by atoms with E-state index in [1.807, 2.05) is 30.1 Å². The molecule has 7 heteroatoms. The highest BCUT2D eigenvalue weighted by Crippen LogP contribution is 2.16. The predicted octanol–water partition coefficient (Wildman–Crippen LogP) is 1.67. The van der Waals surface area contributed by atoms with Crippen LogP contribution in [0.2, 0.25) is 0 Å². The van der Waals surface area contributed by atoms with Crippen molar-refractivity contribution in [3.63, 3.8) is 0 Å². The molecule has 0 bridgehead atoms. The molecule has 0 radical (unpaired) electrons. The number of hydrogen-bond acceptors (Lipinski definition) is 5. The normalized spacial score (nSPS) is 10.7. The Kier molecular flexibility index (Phi) is 3.90. The van der Waals surface area contributed by atoms with Crippen molar-refractivity contribution in [3.8, 4) is 11.4 Å². The van der Waals surface area contributed by atoms with Crippen LogP contribution in [0.25, 0.3) is 11.4 Å². The predicted molar refractivity (Wildman–Crippen MR) is 79.6 cm³/mol. The molecule has 0 aromatic carbocycles. The Bertz CT molecular complexity index is 670. The average molecular weight is 283 g/mol. The summed E-state index contributed by atoms with van der Waals surface area (Å²) in [6, 6.07) is 1.92. The van der Waals surface area contributed by atoms with E-state index in [2.05, 4.69) is 29.9 Å². The Morgan fingerprint density at radius 2 is 1.90 bits per heavy atom. The number of nitrogens with zero attached hydrogens (tertiary/aromatic N) is 6. The van der Waals surface area contributed by atoms with E-state index in [-0.39, 0.29) is 0 Å². The molecule has 3 rings (SSSR count). The topological polar surface area (TPSA) is 73.5 Å². The molecule has 3 heterocycles. The second-order valence-electron chi connectivity index (χ2n) is 4.54. The minimum absolute atomic E-state index is 0.635. The van der Waals surface area contributed by atoms with Crippen molar-refractivity contribution in [2.75, 3.05) is 11.9 Å². The zero-order valence-electron chi connectivity index (χ0n) is 11.8. The highest BCUT2D eigenvalue weighted by Gasteiger charge is 2.07. The lowest BCUT2D eigenvalue weighted by atomic mass is 10.3. The molecule has 0 aliphatic rings. The largest absolute Gasteiger partial charge is 0.355 e. The van der Waals surface area contributed by atoms with Crippen LogP contribution in [0.15, 0.2) is 43.2 Å². The molecule has 0 aliphatic heterocycles. The SMILES string of the molecule is CCNc1ncc(-c2nccn2CCn2cccn2)cn1. The molecule has 0 fully saturated rings. The Balaban J connectivity index is 1.75. The molecule has 3 aromatic heterocycles. The van der Waals surface area contributed by atoms with E-state index >= 15 is 0 Å². The monoisotopic (exact) mass is 283 g/mol. The van der Waals surface area contributed by atoms with Gasteiger partial charge in [-0.05, 0) is 13.0 Å². The maximum absolute atomic E-state index is 4.39. The summed E-state index contributed by atoms with van der Waals surface area (Å²) in [6.45, 7) is 4.41. The van der Waals surface area contributed by atoms with Crippen molar-refractivity contribution < 1.29 is 0 Å². The van der Waals surface area contributed by atoms with Crippen molar-refractivity contribution in [2.24, 2.45) is 0 Å². The number of imidazole rings is 1. The number of anilines is 1. The first kappa shape index (κ1) is 13.3. The number of nitrogens with one attached hydrogen (secondary N) is 1. The second kappa shape index (κ2) is 6.17. The van der Waals surface area contributed by atoms with E-state index in [0.717, 1.165) is 31.0 Å². The summed E-state index contributed by atoms with van der Waals surface area (Å²) < 4.78 is 3.97. The van der Waals surface area contributed by atoms with Crippen molar-refractivity contribution in [1.29, 1.82) is 0 Å². The molecule has 0 spiro atoms. The van der Waals surface area contributed by atoms with Gasteiger partial charge >= 0.3 is 0 Å². The summed E-state index contributed by atoms with van der Waals surface area (Å²) in [5.41, 5.74) is 0.905. The van der Waals surface area contributed by atoms with Gasteiger partial charge < -0.3 is 9.88 Å². The highest BCUT2D eigenvalue weighted by molar-refractivity contribution is 5.53. The lowest BCUT2D eigenvalue weighted by Gasteiger charge is -2.08. The first-order valence-electron chi connectivity index (χ1n) is 6.91. The zero-order valence-corrected chi connectivity index (χ0v) is 11.8. The fraction of sp³-hybridized carbons (Fsp3) is 0.286. The van der Waals surface area contributed by atoms with Gasteiger partial charge in [0.2, 0.25) is 5.95 Å². The molecule has 0 amide bonds. The Morgan fingerprint density at radius 3 is 2.62 bits per heavy atom. The van der Waals surface area contributed by atoms with E-state index in [0.29, 0.717) is 5.95 Å². The smallest absolute Gasteiger partial charge is 0.222 e. The summed E-state index contributed by atoms with van der Waals surface area (Å²) in [5.74, 6) is 1.50. The van der Waals surface area contributed by atoms with Gasteiger partial charge in [0, 0.05) is 50.3 Å². The van der Waals surface area contributed by atoms with Crippen molar-refractivity contribution in [2.45, 2.75) is 20.0 Å². The first-order valence-corrected chi connectivity index (χ1v) is 6.91. The molecular formula is C14H17N7. The quantitative estimate of drug-likeness (QED) is 0.745. The van der Waals surface area contributed by atoms with Crippen molar-refractivity contribution in [1.82, 2.24) is 29.3 Å². The molecule has 3 aromatic rings. The van der Waals surface area contributed by atoms with Gasteiger partial charge in [0.25, 0.3) is 0 Å². The van der Waals surface area contributed by atoms with Gasteiger partial charge in [0.1, 0.15) is 5.82 Å². The van der Waals surface area contributed by atoms with Crippen LogP contribution >= 0.6 is 0 Å². The van der Waals surface area contributed by atoms with Crippen LogP contribution in [0, 0.1) is 0 Å². The van der Waals surface area contributed by atoms with Crippen LogP contribution in [0.5, 0.6) is 0 Å². The Hall–Kier alpha value is -2.70. The highest BCUT2D eigenvalue weighted by atomic mass is 15.3. The van der Waals surface area contributed by atoms with Crippen LogP contribution in [-0.2, 0) is 13.1 Å². The maximum Gasteiger partial charge on any atom is 0.222 e. The Morgan fingerprint density at radius 1 is 1.05 bits per heavy atom. The van der Waals surface area contributed by atoms with Gasteiger partial charge in [-0.25, -0.2) is 15.0 Å². The van der Waals surface area contributed by atoms with E-state index in [9.17, 15) is 0 Å². The minimum atomic E-state index is 0.635. The van der Waals surface area contributed by atoms with E-state index < -0.39 is 0 Å². The van der Waals surface area contributed by atoms with Crippen LogP contribution in [0.3, 0.4) is 0 Å². The third kappa shape index (κ3) is 3.07. The second-order valence-corrected chi connectivity index (χ2v) is 4.54. The fourth-order valence-electron chi connectivity index (χ4n) is 2.09. The zero-order chi connectivity index (χ0) is 14.5. The molecule has 108 valence electrons. The van der Waals surface area contributed by atoms with Crippen molar-refractivity contribution >= 4 is 5.95 Å². The van der Waals surface area contributed by atoms with Crippen molar-refractivity contribution in [3.05, 3.63) is 43.2 Å². The average Bonchev–Trinajstić information content (AvgIpc) is 3.18. The number of hydrogen-bond donors (Lipinski definition) is 1. The molecule has 0 aliphatic carbocycles. The number of aryl methyl sites for hydroxylation is 2. The summed E-state index contributed by atoms with van der Waals surface area (Å²) in [5, 5.41) is 7.28. The van der Waals surface area contributed by atoms with Gasteiger partial charge in [-0.1, -0.05) is 0 Å². The molecule has 21 heavy (non-hydrogen) atoms. The van der Waals surface area contributed by atoms with Crippen LogP contribution in [0.1, 0.15) is 6.92 Å². The van der Waals surface area contributed by atoms with E-state index in [1.165, 1.54) is 0 Å². The van der Waals surface area contributed by atoms with Crippen LogP contribution < -0.4 is 5.32 Å². The summed E-state index contributed by atoms with van der Waals surface area (Å²) in [7, 11) is 0. The van der Waals surface area contributed by atoms with Gasteiger partial charge in [0.15, 0.2) is 0 Å². The fourth-order valence-corrected chi connectivity index (χ4v) is 2.09. The van der Waals surface area contributed by atoms with Gasteiger partial charge in [-0.3, -0.25) is 4.68 Å². The standard InChI is InChI=1S/C14H17N7/c1-2-15-14-17-10-12(11-18-14)13-16-5-7-20(13)8-9-21-6-3-4-19-21/h3-7,10-11H,2,8-9H2,1H3,(H,15,17,18). The lowest BCUT2D eigenvalue weighted by Crippen LogP contribution is -2.08. The van der Waals surface area contributed by atoms with Crippen LogP contribution in [0.4, 0.5) is 5.95 Å². The van der Waals surface area contributed by atoms with Gasteiger partial charge in [-0.2, -0.15) is 5.10 Å².